The number of aryl methyl sites for hydroxylation is 2. The fourth-order valence-corrected chi connectivity index (χ4v) is 3.52. The Kier molecular flexibility index (Phi) is 3.83. The Labute approximate surface area is 147 Å². The van der Waals surface area contributed by atoms with Gasteiger partial charge in [-0.05, 0) is 42.2 Å². The van der Waals surface area contributed by atoms with Crippen LogP contribution in [0.3, 0.4) is 0 Å². The molecule has 0 saturated heterocycles. The van der Waals surface area contributed by atoms with Crippen molar-refractivity contribution >= 4 is 22.1 Å². The number of nitrogens with one attached hydrogen (secondary N) is 1. The summed E-state index contributed by atoms with van der Waals surface area (Å²) in [7, 11) is 2.08. The van der Waals surface area contributed by atoms with Gasteiger partial charge >= 0.3 is 0 Å². The smallest absolute Gasteiger partial charge is 0.140 e. The molecule has 0 spiro atoms. The zero-order valence-corrected chi connectivity index (χ0v) is 15.3. The topological polar surface area (TPSA) is 46.5 Å². The molecule has 0 fully saturated rings. The molecule has 2 aromatic heterocycles. The molecule has 4 aromatic rings. The van der Waals surface area contributed by atoms with Gasteiger partial charge in [-0.3, -0.25) is 0 Å². The van der Waals surface area contributed by atoms with Crippen LogP contribution in [0, 0.1) is 0 Å². The summed E-state index contributed by atoms with van der Waals surface area (Å²) < 4.78 is 2.17. The van der Waals surface area contributed by atoms with Crippen molar-refractivity contribution in [2.75, 3.05) is 0 Å². The van der Waals surface area contributed by atoms with E-state index in [1.165, 1.54) is 5.56 Å². The van der Waals surface area contributed by atoms with E-state index in [0.717, 1.165) is 52.1 Å². The summed E-state index contributed by atoms with van der Waals surface area (Å²) in [5.74, 6) is 2.48. The molecular formula is C21H24N4. The first-order chi connectivity index (χ1) is 12.1. The van der Waals surface area contributed by atoms with Crippen LogP contribution in [0.25, 0.3) is 33.5 Å². The van der Waals surface area contributed by atoms with Crippen LogP contribution in [-0.4, -0.2) is 19.5 Å². The van der Waals surface area contributed by atoms with E-state index in [1.54, 1.807) is 0 Å². The SMILES string of the molecule is CCCc1nc2c(C(C)C)cc(-c3nc4ccccc4n3C)cc2[nH]1. The summed E-state index contributed by atoms with van der Waals surface area (Å²) in [6.45, 7) is 6.63. The second kappa shape index (κ2) is 6.03. The normalized spacial score (nSPS) is 11.9. The van der Waals surface area contributed by atoms with Gasteiger partial charge in [0.25, 0.3) is 0 Å². The van der Waals surface area contributed by atoms with E-state index in [-0.39, 0.29) is 0 Å². The summed E-state index contributed by atoms with van der Waals surface area (Å²) in [6.07, 6.45) is 2.07. The fourth-order valence-electron chi connectivity index (χ4n) is 3.52. The van der Waals surface area contributed by atoms with Gasteiger partial charge in [-0.15, -0.1) is 0 Å². The molecular weight excluding hydrogens is 308 g/mol. The number of aromatic nitrogens is 4. The van der Waals surface area contributed by atoms with Crippen molar-refractivity contribution in [2.24, 2.45) is 7.05 Å². The highest BCUT2D eigenvalue weighted by Gasteiger charge is 2.16. The van der Waals surface area contributed by atoms with Crippen LogP contribution in [0.1, 0.15) is 44.5 Å². The van der Waals surface area contributed by atoms with Gasteiger partial charge in [0.1, 0.15) is 11.6 Å². The largest absolute Gasteiger partial charge is 0.342 e. The van der Waals surface area contributed by atoms with E-state index in [9.17, 15) is 0 Å². The molecule has 0 saturated carbocycles. The Morgan fingerprint density at radius 3 is 2.64 bits per heavy atom. The van der Waals surface area contributed by atoms with Gasteiger partial charge in [-0.1, -0.05) is 32.9 Å². The first kappa shape index (κ1) is 15.9. The maximum Gasteiger partial charge on any atom is 0.140 e. The van der Waals surface area contributed by atoms with Crippen LogP contribution >= 0.6 is 0 Å². The third-order valence-electron chi connectivity index (χ3n) is 4.82. The molecule has 0 aliphatic heterocycles. The highest BCUT2D eigenvalue weighted by atomic mass is 15.1. The lowest BCUT2D eigenvalue weighted by atomic mass is 9.98. The summed E-state index contributed by atoms with van der Waals surface area (Å²) in [4.78, 5) is 13.2. The van der Waals surface area contributed by atoms with Crippen molar-refractivity contribution < 1.29 is 0 Å². The van der Waals surface area contributed by atoms with E-state index < -0.39 is 0 Å². The molecule has 4 heteroatoms. The van der Waals surface area contributed by atoms with Gasteiger partial charge in [0.15, 0.2) is 0 Å². The van der Waals surface area contributed by atoms with Gasteiger partial charge in [0, 0.05) is 19.0 Å². The third kappa shape index (κ3) is 2.62. The number of fused-ring (bicyclic) bond motifs is 2. The van der Waals surface area contributed by atoms with Crippen LogP contribution in [0.15, 0.2) is 36.4 Å². The van der Waals surface area contributed by atoms with Crippen LogP contribution in [0.2, 0.25) is 0 Å². The molecule has 0 unspecified atom stereocenters. The van der Waals surface area contributed by atoms with Gasteiger partial charge < -0.3 is 9.55 Å². The van der Waals surface area contributed by atoms with E-state index >= 15 is 0 Å². The molecule has 4 nitrogen and oxygen atoms in total. The Hall–Kier alpha value is -2.62. The van der Waals surface area contributed by atoms with E-state index in [2.05, 4.69) is 67.7 Å². The molecule has 0 amide bonds. The quantitative estimate of drug-likeness (QED) is 0.559. The average Bonchev–Trinajstić information content (AvgIpc) is 3.15. The highest BCUT2D eigenvalue weighted by Crippen LogP contribution is 2.31. The molecule has 0 bridgehead atoms. The van der Waals surface area contributed by atoms with Gasteiger partial charge in [0.2, 0.25) is 0 Å². The molecule has 0 aliphatic carbocycles. The lowest BCUT2D eigenvalue weighted by Gasteiger charge is -2.10. The number of imidazole rings is 2. The lowest BCUT2D eigenvalue weighted by Crippen LogP contribution is -1.96. The fraction of sp³-hybridized carbons (Fsp3) is 0.333. The monoisotopic (exact) mass is 332 g/mol. The predicted molar refractivity (Wildman–Crippen MR) is 104 cm³/mol. The van der Waals surface area contributed by atoms with E-state index in [0.29, 0.717) is 5.92 Å². The maximum atomic E-state index is 4.86. The maximum absolute atomic E-state index is 4.86. The third-order valence-corrected chi connectivity index (χ3v) is 4.82. The average molecular weight is 332 g/mol. The van der Waals surface area contributed by atoms with E-state index in [4.69, 9.17) is 9.97 Å². The van der Waals surface area contributed by atoms with Crippen molar-refractivity contribution in [3.8, 4) is 11.4 Å². The van der Waals surface area contributed by atoms with Crippen LogP contribution in [0.4, 0.5) is 0 Å². The van der Waals surface area contributed by atoms with Gasteiger partial charge in [0.05, 0.1) is 22.1 Å². The Bertz CT molecular complexity index is 1050. The minimum absolute atomic E-state index is 0.412. The Morgan fingerprint density at radius 1 is 1.12 bits per heavy atom. The standard InChI is InChI=1S/C21H24N4/c1-5-8-19-22-17-12-14(11-15(13(2)3)20(17)24-19)21-23-16-9-6-7-10-18(16)25(21)4/h6-7,9-13H,5,8H2,1-4H3,(H,22,24). The van der Waals surface area contributed by atoms with Gasteiger partial charge in [-0.25, -0.2) is 9.97 Å². The van der Waals surface area contributed by atoms with Crippen molar-refractivity contribution in [2.45, 2.75) is 39.5 Å². The molecule has 2 heterocycles. The molecule has 4 rings (SSSR count). The van der Waals surface area contributed by atoms with Crippen LogP contribution in [-0.2, 0) is 13.5 Å². The predicted octanol–water partition coefficient (Wildman–Crippen LogP) is 5.19. The van der Waals surface area contributed by atoms with Crippen molar-refractivity contribution in [3.63, 3.8) is 0 Å². The van der Waals surface area contributed by atoms with Crippen LogP contribution in [0.5, 0.6) is 0 Å². The number of rotatable bonds is 4. The van der Waals surface area contributed by atoms with Crippen molar-refractivity contribution in [1.29, 1.82) is 0 Å². The molecule has 0 radical (unpaired) electrons. The van der Waals surface area contributed by atoms with E-state index in [1.807, 2.05) is 6.07 Å². The first-order valence-electron chi connectivity index (χ1n) is 9.02. The molecule has 1 N–H and O–H groups in total. The lowest BCUT2D eigenvalue weighted by molar-refractivity contribution is 0.854. The zero-order valence-electron chi connectivity index (χ0n) is 15.3. The number of aromatic amines is 1. The van der Waals surface area contributed by atoms with Crippen LogP contribution < -0.4 is 0 Å². The molecule has 2 aromatic carbocycles. The van der Waals surface area contributed by atoms with Crippen molar-refractivity contribution in [1.82, 2.24) is 19.5 Å². The summed E-state index contributed by atoms with van der Waals surface area (Å²) in [5, 5.41) is 0. The number of hydrogen-bond donors (Lipinski definition) is 1. The molecule has 0 aliphatic rings. The number of H-pyrrole nitrogens is 1. The first-order valence-corrected chi connectivity index (χ1v) is 9.02. The second-order valence-electron chi connectivity index (χ2n) is 7.03. The minimum Gasteiger partial charge on any atom is -0.342 e. The second-order valence-corrected chi connectivity index (χ2v) is 7.03. The number of nitrogens with zero attached hydrogens (tertiary/aromatic N) is 3. The Morgan fingerprint density at radius 2 is 1.92 bits per heavy atom. The number of hydrogen-bond acceptors (Lipinski definition) is 2. The summed E-state index contributed by atoms with van der Waals surface area (Å²) >= 11 is 0. The highest BCUT2D eigenvalue weighted by molar-refractivity contribution is 5.87. The van der Waals surface area contributed by atoms with Gasteiger partial charge in [-0.2, -0.15) is 0 Å². The Balaban J connectivity index is 1.95. The molecule has 25 heavy (non-hydrogen) atoms. The molecule has 128 valence electrons. The zero-order chi connectivity index (χ0) is 17.6. The summed E-state index contributed by atoms with van der Waals surface area (Å²) in [6, 6.07) is 12.7. The van der Waals surface area contributed by atoms with Crippen molar-refractivity contribution in [3.05, 3.63) is 47.8 Å². The number of para-hydroxylation sites is 2. The minimum atomic E-state index is 0.412. The summed E-state index contributed by atoms with van der Waals surface area (Å²) in [5.41, 5.74) is 6.81. The molecule has 0 atom stereocenters. The number of benzene rings is 2.